The van der Waals surface area contributed by atoms with Crippen molar-refractivity contribution in [2.24, 2.45) is 0 Å². The largest absolute Gasteiger partial charge is 0.478 e. The van der Waals surface area contributed by atoms with Gasteiger partial charge in [-0.1, -0.05) is 19.7 Å². The molecule has 2 N–H and O–H groups in total. The summed E-state index contributed by atoms with van der Waals surface area (Å²) in [5.74, 6) is -2.28. The van der Waals surface area contributed by atoms with Crippen LogP contribution in [0.2, 0.25) is 0 Å². The van der Waals surface area contributed by atoms with E-state index in [9.17, 15) is 14.4 Å². The highest BCUT2D eigenvalue weighted by molar-refractivity contribution is 5.88. The molecule has 0 spiro atoms. The van der Waals surface area contributed by atoms with Gasteiger partial charge in [0, 0.05) is 29.7 Å². The number of carboxylic acid groups (broad SMARTS) is 1. The fourth-order valence-electron chi connectivity index (χ4n) is 1.52. The highest BCUT2D eigenvalue weighted by Gasteiger charge is 2.12. The molecule has 7 nitrogen and oxygen atoms in total. The number of ether oxygens (including phenoxy) is 2. The van der Waals surface area contributed by atoms with E-state index in [1.807, 2.05) is 0 Å². The number of aliphatic hydroxyl groups is 1. The van der Waals surface area contributed by atoms with Crippen LogP contribution in [-0.4, -0.2) is 47.9 Å². The van der Waals surface area contributed by atoms with E-state index in [0.717, 1.165) is 0 Å². The van der Waals surface area contributed by atoms with Crippen molar-refractivity contribution in [2.75, 3.05) is 19.8 Å². The maximum absolute atomic E-state index is 11.6. The first-order chi connectivity index (χ1) is 11.3. The van der Waals surface area contributed by atoms with E-state index in [0.29, 0.717) is 24.8 Å². The Labute approximate surface area is 141 Å². The zero-order chi connectivity index (χ0) is 18.5. The second kappa shape index (κ2) is 12.1. The van der Waals surface area contributed by atoms with Crippen LogP contribution in [0.5, 0.6) is 0 Å². The number of esters is 2. The number of aliphatic hydroxyl groups excluding tert-OH is 1. The summed E-state index contributed by atoms with van der Waals surface area (Å²) in [6.07, 6.45) is 1.55. The van der Waals surface area contributed by atoms with Crippen LogP contribution in [0.3, 0.4) is 0 Å². The first kappa shape index (κ1) is 21.6. The van der Waals surface area contributed by atoms with E-state index in [4.69, 9.17) is 19.7 Å². The van der Waals surface area contributed by atoms with Gasteiger partial charge in [-0.05, 0) is 25.7 Å². The monoisotopic (exact) mass is 340 g/mol. The lowest BCUT2D eigenvalue weighted by molar-refractivity contribution is -0.140. The van der Waals surface area contributed by atoms with Crippen molar-refractivity contribution in [3.8, 4) is 0 Å². The molecule has 0 aliphatic carbocycles. The van der Waals surface area contributed by atoms with Crippen molar-refractivity contribution in [1.29, 1.82) is 0 Å². The highest BCUT2D eigenvalue weighted by atomic mass is 16.5. The van der Waals surface area contributed by atoms with Gasteiger partial charge in [-0.3, -0.25) is 0 Å². The summed E-state index contributed by atoms with van der Waals surface area (Å²) >= 11 is 0. The fourth-order valence-corrected chi connectivity index (χ4v) is 1.52. The van der Waals surface area contributed by atoms with Crippen LogP contribution in [0.1, 0.15) is 32.1 Å². The number of carbonyl (C=O) groups excluding carboxylic acids is 2. The summed E-state index contributed by atoms with van der Waals surface area (Å²) in [6, 6.07) is 0. The molecule has 0 atom stereocenters. The van der Waals surface area contributed by atoms with Crippen molar-refractivity contribution >= 4 is 17.9 Å². The lowest BCUT2D eigenvalue weighted by atomic mass is 10.1. The Morgan fingerprint density at radius 3 is 1.75 bits per heavy atom. The maximum atomic E-state index is 11.6. The van der Waals surface area contributed by atoms with E-state index in [1.54, 1.807) is 0 Å². The van der Waals surface area contributed by atoms with Crippen LogP contribution in [0.15, 0.2) is 36.5 Å². The third-order valence-corrected chi connectivity index (χ3v) is 3.01. The number of carbonyl (C=O) groups is 3. The topological polar surface area (TPSA) is 110 Å². The number of rotatable bonds is 13. The van der Waals surface area contributed by atoms with Crippen LogP contribution in [-0.2, 0) is 23.9 Å². The summed E-state index contributed by atoms with van der Waals surface area (Å²) in [6.45, 7) is 10.5. The van der Waals surface area contributed by atoms with E-state index < -0.39 is 17.9 Å². The molecule has 0 aliphatic heterocycles. The second-order valence-corrected chi connectivity index (χ2v) is 5.07. The van der Waals surface area contributed by atoms with Crippen molar-refractivity contribution in [2.45, 2.75) is 32.1 Å². The number of hydrogen-bond acceptors (Lipinski definition) is 6. The van der Waals surface area contributed by atoms with Crippen molar-refractivity contribution in [1.82, 2.24) is 0 Å². The quantitative estimate of drug-likeness (QED) is 0.299. The normalized spacial score (nSPS) is 9.88. The molecular weight excluding hydrogens is 316 g/mol. The van der Waals surface area contributed by atoms with Gasteiger partial charge in [0.05, 0.1) is 13.2 Å². The van der Waals surface area contributed by atoms with Crippen LogP contribution >= 0.6 is 0 Å². The molecular formula is C17H24O7. The Bertz CT molecular complexity index is 505. The van der Waals surface area contributed by atoms with Gasteiger partial charge in [-0.25, -0.2) is 14.4 Å². The van der Waals surface area contributed by atoms with E-state index in [2.05, 4.69) is 19.7 Å². The third kappa shape index (κ3) is 9.58. The van der Waals surface area contributed by atoms with Gasteiger partial charge in [0.25, 0.3) is 0 Å². The third-order valence-electron chi connectivity index (χ3n) is 3.01. The molecule has 0 aromatic heterocycles. The molecule has 0 amide bonds. The zero-order valence-corrected chi connectivity index (χ0v) is 13.7. The zero-order valence-electron chi connectivity index (χ0n) is 13.7. The molecule has 0 rings (SSSR count). The van der Waals surface area contributed by atoms with Gasteiger partial charge < -0.3 is 19.7 Å². The molecule has 0 saturated heterocycles. The Balaban J connectivity index is 3.87. The summed E-state index contributed by atoms with van der Waals surface area (Å²) in [4.78, 5) is 33.6. The van der Waals surface area contributed by atoms with Gasteiger partial charge >= 0.3 is 17.9 Å². The predicted octanol–water partition coefficient (Wildman–Crippen LogP) is 1.77. The van der Waals surface area contributed by atoms with Crippen LogP contribution in [0.4, 0.5) is 0 Å². The summed E-state index contributed by atoms with van der Waals surface area (Å²) in [7, 11) is 0. The summed E-state index contributed by atoms with van der Waals surface area (Å²) in [5.41, 5.74) is 0.466. The van der Waals surface area contributed by atoms with Gasteiger partial charge in [0.15, 0.2) is 0 Å². The van der Waals surface area contributed by atoms with Gasteiger partial charge in [-0.15, -0.1) is 0 Å². The van der Waals surface area contributed by atoms with Crippen molar-refractivity contribution < 1.29 is 34.1 Å². The minimum Gasteiger partial charge on any atom is -0.478 e. The van der Waals surface area contributed by atoms with Crippen LogP contribution < -0.4 is 0 Å². The molecule has 0 fully saturated rings. The van der Waals surface area contributed by atoms with E-state index in [1.165, 1.54) is 0 Å². The Morgan fingerprint density at radius 1 is 0.750 bits per heavy atom. The summed E-state index contributed by atoms with van der Waals surface area (Å²) in [5, 5.41) is 17.3. The Hall–Kier alpha value is -2.41. The predicted molar refractivity (Wildman–Crippen MR) is 87.1 cm³/mol. The van der Waals surface area contributed by atoms with Gasteiger partial charge in [0.1, 0.15) is 0 Å². The molecule has 0 aromatic carbocycles. The van der Waals surface area contributed by atoms with Crippen LogP contribution in [0.25, 0.3) is 0 Å². The highest BCUT2D eigenvalue weighted by Crippen LogP contribution is 2.09. The molecule has 0 saturated carbocycles. The van der Waals surface area contributed by atoms with Crippen LogP contribution in [0, 0.1) is 0 Å². The van der Waals surface area contributed by atoms with Gasteiger partial charge in [0.2, 0.25) is 0 Å². The lowest BCUT2D eigenvalue weighted by Crippen LogP contribution is -2.12. The maximum Gasteiger partial charge on any atom is 0.333 e. The molecule has 24 heavy (non-hydrogen) atoms. The molecule has 134 valence electrons. The van der Waals surface area contributed by atoms with Gasteiger partial charge in [-0.2, -0.15) is 0 Å². The van der Waals surface area contributed by atoms with E-state index in [-0.39, 0.29) is 43.8 Å². The van der Waals surface area contributed by atoms with Crippen molar-refractivity contribution in [3.05, 3.63) is 36.5 Å². The molecule has 0 radical (unpaired) electrons. The molecule has 0 bridgehead atoms. The Kier molecular flexibility index (Phi) is 10.9. The first-order valence-corrected chi connectivity index (χ1v) is 7.51. The average molecular weight is 340 g/mol. The average Bonchev–Trinajstić information content (AvgIpc) is 2.55. The molecule has 7 heteroatoms. The minimum atomic E-state index is -1.13. The molecule has 0 unspecified atom stereocenters. The molecule has 0 aliphatic rings. The second-order valence-electron chi connectivity index (χ2n) is 5.07. The standard InChI is InChI=1S/C17H24O7/c1-12(15(19)20)8-11-24-17(22)14(3)7-5-10-23-16(21)13(2)6-4-9-18/h18H,1-11H2,(H,19,20). The number of carboxylic acids is 1. The number of hydrogen-bond donors (Lipinski definition) is 2. The van der Waals surface area contributed by atoms with Crippen molar-refractivity contribution in [3.63, 3.8) is 0 Å². The summed E-state index contributed by atoms with van der Waals surface area (Å²) < 4.78 is 9.86. The first-order valence-electron chi connectivity index (χ1n) is 7.51. The smallest absolute Gasteiger partial charge is 0.333 e. The fraction of sp³-hybridized carbons (Fsp3) is 0.471. The Morgan fingerprint density at radius 2 is 1.25 bits per heavy atom. The molecule has 0 heterocycles. The van der Waals surface area contributed by atoms with E-state index >= 15 is 0 Å². The molecule has 0 aromatic rings. The lowest BCUT2D eigenvalue weighted by Gasteiger charge is -2.08. The number of aliphatic carboxylic acids is 1. The minimum absolute atomic E-state index is 0.0198. The SMILES string of the molecule is C=C(CCOC(=O)C(=C)CCCOC(=O)C(=C)CCCO)C(=O)O.